The van der Waals surface area contributed by atoms with Gasteiger partial charge < -0.3 is 24.4 Å². The van der Waals surface area contributed by atoms with E-state index in [9.17, 15) is 13.2 Å². The first-order valence-corrected chi connectivity index (χ1v) is 11.0. The third-order valence-electron chi connectivity index (χ3n) is 6.57. The maximum atomic E-state index is 14.1. The molecule has 1 fully saturated rings. The van der Waals surface area contributed by atoms with Gasteiger partial charge in [-0.3, -0.25) is 0 Å². The fourth-order valence-electron chi connectivity index (χ4n) is 4.68. The van der Waals surface area contributed by atoms with Crippen molar-refractivity contribution >= 4 is 11.9 Å². The van der Waals surface area contributed by atoms with E-state index < -0.39 is 29.1 Å². The molecule has 0 saturated carbocycles. The molecule has 1 unspecified atom stereocenters. The van der Waals surface area contributed by atoms with E-state index in [0.717, 1.165) is 29.1 Å². The van der Waals surface area contributed by atoms with Crippen molar-refractivity contribution in [3.63, 3.8) is 0 Å². The number of nitrogens with zero attached hydrogens (tertiary/aromatic N) is 4. The highest BCUT2D eigenvalue weighted by Gasteiger charge is 2.53. The van der Waals surface area contributed by atoms with Crippen LogP contribution in [0, 0.1) is 24.4 Å². The van der Waals surface area contributed by atoms with Gasteiger partial charge in [-0.05, 0) is 48.4 Å². The molecule has 5 rings (SSSR count). The van der Waals surface area contributed by atoms with Gasteiger partial charge in [0.25, 0.3) is 0 Å². The molecule has 1 aromatic heterocycles. The van der Waals surface area contributed by atoms with Crippen LogP contribution in [-0.4, -0.2) is 53.6 Å². The number of benzene rings is 2. The summed E-state index contributed by atoms with van der Waals surface area (Å²) in [4.78, 5) is 11.8. The Balaban J connectivity index is 0.00000304. The summed E-state index contributed by atoms with van der Waals surface area (Å²) in [5.74, 6) is -2.87. The van der Waals surface area contributed by atoms with Gasteiger partial charge in [-0.15, -0.1) is 0 Å². The summed E-state index contributed by atoms with van der Waals surface area (Å²) >= 11 is 0. The molecule has 36 heavy (non-hydrogen) atoms. The number of aryl methyl sites for hydroxylation is 1. The van der Waals surface area contributed by atoms with Crippen LogP contribution in [0.1, 0.15) is 24.2 Å². The maximum Gasteiger partial charge on any atom is 0.194 e. The van der Waals surface area contributed by atoms with Crippen LogP contribution in [0.3, 0.4) is 0 Å². The predicted molar refractivity (Wildman–Crippen MR) is 132 cm³/mol. The van der Waals surface area contributed by atoms with Gasteiger partial charge in [0.2, 0.25) is 0 Å². The van der Waals surface area contributed by atoms with Crippen LogP contribution in [0.15, 0.2) is 54.1 Å². The smallest absolute Gasteiger partial charge is 0.194 e. The van der Waals surface area contributed by atoms with E-state index in [0.29, 0.717) is 24.7 Å². The van der Waals surface area contributed by atoms with E-state index in [1.54, 1.807) is 26.6 Å². The first-order valence-electron chi connectivity index (χ1n) is 11.0. The number of imidazole rings is 1. The number of halogens is 3. The fraction of sp³-hybridized carbons (Fsp3) is 0.308. The Morgan fingerprint density at radius 2 is 1.92 bits per heavy atom. The Bertz CT molecular complexity index is 1320. The normalized spacial score (nSPS) is 21.1. The van der Waals surface area contributed by atoms with Gasteiger partial charge in [0, 0.05) is 26.3 Å². The zero-order chi connectivity index (χ0) is 24.7. The Morgan fingerprint density at radius 3 is 2.58 bits per heavy atom. The van der Waals surface area contributed by atoms with Gasteiger partial charge in [0.05, 0.1) is 24.8 Å². The number of fused-ring (bicyclic) bond motifs is 1. The summed E-state index contributed by atoms with van der Waals surface area (Å²) in [5, 5.41) is 7.42. The number of aromatic nitrogens is 2. The molecule has 0 aliphatic carbocycles. The fourth-order valence-corrected chi connectivity index (χ4v) is 4.68. The third kappa shape index (κ3) is 4.11. The minimum Gasteiger partial charge on any atom is -0.495 e. The minimum atomic E-state index is -1.50. The lowest BCUT2D eigenvalue weighted by Gasteiger charge is -2.45. The van der Waals surface area contributed by atoms with Gasteiger partial charge >= 0.3 is 0 Å². The molecule has 10 heteroatoms. The van der Waals surface area contributed by atoms with Gasteiger partial charge in [-0.25, -0.2) is 18.2 Å². The second-order valence-corrected chi connectivity index (χ2v) is 8.60. The van der Waals surface area contributed by atoms with E-state index in [4.69, 9.17) is 9.57 Å². The quantitative estimate of drug-likeness (QED) is 0.528. The number of likely N-dealkylation sites (N-methyl/N-ethyl adjacent to an activating group) is 1. The Hall–Kier alpha value is -3.79. The highest BCUT2D eigenvalue weighted by molar-refractivity contribution is 5.97. The number of amidine groups is 1. The van der Waals surface area contributed by atoms with Gasteiger partial charge in [-0.1, -0.05) is 24.7 Å². The average molecular weight is 500 g/mol. The van der Waals surface area contributed by atoms with Crippen molar-refractivity contribution in [2.45, 2.75) is 26.0 Å². The Kier molecular flexibility index (Phi) is 6.81. The second kappa shape index (κ2) is 9.69. The summed E-state index contributed by atoms with van der Waals surface area (Å²) in [7, 11) is 3.37. The van der Waals surface area contributed by atoms with Crippen molar-refractivity contribution in [2.75, 3.05) is 27.2 Å². The molecule has 1 N–H and O–H groups in total. The van der Waals surface area contributed by atoms with Crippen LogP contribution in [0.2, 0.25) is 0 Å². The monoisotopic (exact) mass is 499 g/mol. The number of ether oxygens (including phenoxy) is 1. The summed E-state index contributed by atoms with van der Waals surface area (Å²) in [6.07, 6.45) is 6.71. The van der Waals surface area contributed by atoms with Crippen LogP contribution in [0.4, 0.5) is 13.2 Å². The number of hydrogen-bond acceptors (Lipinski definition) is 6. The van der Waals surface area contributed by atoms with E-state index in [-0.39, 0.29) is 13.0 Å². The topological polar surface area (TPSA) is 63.9 Å². The Labute approximate surface area is 207 Å². The molecule has 7 nitrogen and oxygen atoms in total. The summed E-state index contributed by atoms with van der Waals surface area (Å²) in [6, 6.07) is 7.77. The minimum absolute atomic E-state index is 0. The molecule has 0 bridgehead atoms. The van der Waals surface area contributed by atoms with Crippen LogP contribution in [-0.2, 0) is 10.4 Å². The number of rotatable bonds is 5. The van der Waals surface area contributed by atoms with Crippen LogP contribution >= 0.6 is 0 Å². The molecule has 190 valence electrons. The standard InChI is InChI=1S/C25H24F3N5O2.CH4/c1-15-12-33(14-30-15)20-6-4-16(8-21(20)34-3)5-7-23-31-35-22-11-29-13-25(22,32(23)2)17-9-18(26)24(28)19(27)10-17;/h4-10,12,14,22,29H,11,13H2,1-3H3;1H4/b7-5+;/t22?,25-;/m0./s1. The van der Waals surface area contributed by atoms with E-state index in [1.807, 2.05) is 46.9 Å². The number of hydrogen-bond donors (Lipinski definition) is 1. The number of methoxy groups -OCH3 is 1. The van der Waals surface area contributed by atoms with Crippen LogP contribution in [0.25, 0.3) is 11.8 Å². The van der Waals surface area contributed by atoms with Crippen molar-refractivity contribution in [3.05, 3.63) is 83.2 Å². The zero-order valence-electron chi connectivity index (χ0n) is 19.4. The molecule has 0 amide bonds. The lowest BCUT2D eigenvalue weighted by atomic mass is 9.84. The van der Waals surface area contributed by atoms with Gasteiger partial charge in [-0.2, -0.15) is 0 Å². The van der Waals surface area contributed by atoms with E-state index in [1.165, 1.54) is 0 Å². The molecule has 2 aliphatic heterocycles. The lowest BCUT2D eigenvalue weighted by molar-refractivity contribution is -0.0390. The molecular weight excluding hydrogens is 471 g/mol. The van der Waals surface area contributed by atoms with Crippen molar-refractivity contribution in [2.24, 2.45) is 5.16 Å². The van der Waals surface area contributed by atoms with Gasteiger partial charge in [0.1, 0.15) is 11.3 Å². The lowest BCUT2D eigenvalue weighted by Crippen LogP contribution is -2.57. The van der Waals surface area contributed by atoms with Crippen molar-refractivity contribution < 1.29 is 22.7 Å². The third-order valence-corrected chi connectivity index (χ3v) is 6.57. The molecule has 0 spiro atoms. The second-order valence-electron chi connectivity index (χ2n) is 8.60. The SMILES string of the molecule is C.COc1cc(/C=C/C2=NOC3CNC[C@@]3(c3cc(F)c(F)c(F)c3)N2C)ccc1-n1cnc(C)c1. The molecule has 1 saturated heterocycles. The largest absolute Gasteiger partial charge is 0.495 e. The molecule has 2 aromatic carbocycles. The summed E-state index contributed by atoms with van der Waals surface area (Å²) in [6.45, 7) is 2.69. The van der Waals surface area contributed by atoms with Crippen molar-refractivity contribution in [3.8, 4) is 11.4 Å². The van der Waals surface area contributed by atoms with Crippen LogP contribution in [0.5, 0.6) is 5.75 Å². The van der Waals surface area contributed by atoms with E-state index >= 15 is 0 Å². The molecule has 3 heterocycles. The molecule has 0 radical (unpaired) electrons. The first-order chi connectivity index (χ1) is 16.8. The maximum absolute atomic E-state index is 14.1. The average Bonchev–Trinajstić information content (AvgIpc) is 3.49. The molecule has 3 aromatic rings. The van der Waals surface area contributed by atoms with Crippen LogP contribution < -0.4 is 10.1 Å². The first kappa shape index (κ1) is 25.3. The molecule has 2 atom stereocenters. The highest BCUT2D eigenvalue weighted by Crippen LogP contribution is 2.40. The van der Waals surface area contributed by atoms with Gasteiger partial charge in [0.15, 0.2) is 29.4 Å². The predicted octanol–water partition coefficient (Wildman–Crippen LogP) is 4.40. The van der Waals surface area contributed by atoms with Crippen molar-refractivity contribution in [1.29, 1.82) is 0 Å². The number of nitrogens with one attached hydrogen (secondary N) is 1. The highest BCUT2D eigenvalue weighted by atomic mass is 19.2. The van der Waals surface area contributed by atoms with E-state index in [2.05, 4.69) is 15.5 Å². The number of oxime groups is 1. The molecular formula is C26H28F3N5O2. The zero-order valence-corrected chi connectivity index (χ0v) is 19.4. The van der Waals surface area contributed by atoms with Crippen molar-refractivity contribution in [1.82, 2.24) is 19.8 Å². The molecule has 2 aliphatic rings. The Morgan fingerprint density at radius 1 is 1.17 bits per heavy atom. The summed E-state index contributed by atoms with van der Waals surface area (Å²) < 4.78 is 49.3. The summed E-state index contributed by atoms with van der Waals surface area (Å²) in [5.41, 5.74) is 1.90.